The van der Waals surface area contributed by atoms with Crippen molar-refractivity contribution in [1.29, 1.82) is 0 Å². The number of piperidine rings is 1. The van der Waals surface area contributed by atoms with Crippen molar-refractivity contribution < 1.29 is 19.0 Å². The minimum atomic E-state index is -0.771. The number of hydrogen-bond acceptors (Lipinski definition) is 3. The molecule has 160 valence electrons. The third-order valence-electron chi connectivity index (χ3n) is 5.78. The van der Waals surface area contributed by atoms with Crippen molar-refractivity contribution >= 4 is 5.97 Å². The topological polar surface area (TPSA) is 49.8 Å². The Labute approximate surface area is 181 Å². The van der Waals surface area contributed by atoms with Crippen LogP contribution in [0.1, 0.15) is 35.6 Å². The third-order valence-corrected chi connectivity index (χ3v) is 5.78. The molecule has 4 nitrogen and oxygen atoms in total. The molecule has 3 aromatic carbocycles. The number of benzene rings is 3. The molecule has 1 heterocycles. The predicted molar refractivity (Wildman–Crippen MR) is 117 cm³/mol. The number of likely N-dealkylation sites (tertiary alicyclic amines) is 1. The Morgan fingerprint density at radius 2 is 1.81 bits per heavy atom. The van der Waals surface area contributed by atoms with Gasteiger partial charge in [-0.05, 0) is 60.3 Å². The molecular weight excluding hydrogens is 393 g/mol. The van der Waals surface area contributed by atoms with Gasteiger partial charge in [0.1, 0.15) is 18.2 Å². The highest BCUT2D eigenvalue weighted by molar-refractivity contribution is 5.70. The highest BCUT2D eigenvalue weighted by Crippen LogP contribution is 2.34. The average molecular weight is 419 g/mol. The summed E-state index contributed by atoms with van der Waals surface area (Å²) < 4.78 is 19.9. The molecular formula is C26H26FNO3. The van der Waals surface area contributed by atoms with E-state index in [1.165, 1.54) is 12.1 Å². The zero-order chi connectivity index (χ0) is 21.6. The fraction of sp³-hybridized carbons (Fsp3) is 0.269. The molecule has 1 fully saturated rings. The summed E-state index contributed by atoms with van der Waals surface area (Å²) in [7, 11) is 0. The number of carboxylic acid groups (broad SMARTS) is 1. The molecule has 4 rings (SSSR count). The first-order valence-electron chi connectivity index (χ1n) is 10.6. The van der Waals surface area contributed by atoms with Crippen molar-refractivity contribution in [3.05, 3.63) is 101 Å². The molecule has 1 aliphatic rings. The van der Waals surface area contributed by atoms with Gasteiger partial charge in [0.05, 0.1) is 12.0 Å². The Hall–Kier alpha value is -3.18. The fourth-order valence-electron chi connectivity index (χ4n) is 4.22. The monoisotopic (exact) mass is 419 g/mol. The summed E-state index contributed by atoms with van der Waals surface area (Å²) >= 11 is 0. The van der Waals surface area contributed by atoms with Gasteiger partial charge in [0.25, 0.3) is 0 Å². The molecule has 0 saturated carbocycles. The summed E-state index contributed by atoms with van der Waals surface area (Å²) in [6.07, 6.45) is 1.48. The van der Waals surface area contributed by atoms with Crippen LogP contribution in [-0.2, 0) is 11.4 Å². The van der Waals surface area contributed by atoms with E-state index in [1.807, 2.05) is 60.7 Å². The highest BCUT2D eigenvalue weighted by Gasteiger charge is 2.31. The zero-order valence-electron chi connectivity index (χ0n) is 17.3. The van der Waals surface area contributed by atoms with Crippen molar-refractivity contribution in [3.8, 4) is 5.75 Å². The first kappa shape index (κ1) is 21.1. The van der Waals surface area contributed by atoms with Gasteiger partial charge in [-0.15, -0.1) is 0 Å². The van der Waals surface area contributed by atoms with Gasteiger partial charge in [-0.3, -0.25) is 9.69 Å². The van der Waals surface area contributed by atoms with E-state index in [4.69, 9.17) is 4.74 Å². The molecule has 1 saturated heterocycles. The lowest BCUT2D eigenvalue weighted by atomic mass is 9.91. The molecule has 5 heteroatoms. The van der Waals surface area contributed by atoms with Crippen LogP contribution in [0.4, 0.5) is 4.39 Å². The minimum Gasteiger partial charge on any atom is -0.489 e. The van der Waals surface area contributed by atoms with E-state index < -0.39 is 11.9 Å². The smallest absolute Gasteiger partial charge is 0.307 e. The summed E-state index contributed by atoms with van der Waals surface area (Å²) in [5.41, 5.74) is 2.91. The van der Waals surface area contributed by atoms with Crippen LogP contribution in [0, 0.1) is 11.7 Å². The average Bonchev–Trinajstić information content (AvgIpc) is 2.80. The van der Waals surface area contributed by atoms with E-state index in [1.54, 1.807) is 6.07 Å². The van der Waals surface area contributed by atoms with E-state index in [2.05, 4.69) is 4.90 Å². The summed E-state index contributed by atoms with van der Waals surface area (Å²) in [5.74, 6) is -0.713. The number of carboxylic acids is 1. The van der Waals surface area contributed by atoms with Gasteiger partial charge < -0.3 is 9.84 Å². The van der Waals surface area contributed by atoms with Gasteiger partial charge in [-0.1, -0.05) is 54.6 Å². The van der Waals surface area contributed by atoms with Gasteiger partial charge in [0, 0.05) is 6.54 Å². The minimum absolute atomic E-state index is 0.207. The Balaban J connectivity index is 1.57. The van der Waals surface area contributed by atoms with Crippen LogP contribution in [0.2, 0.25) is 0 Å². The Bertz CT molecular complexity index is 1010. The lowest BCUT2D eigenvalue weighted by Crippen LogP contribution is -2.41. The Morgan fingerprint density at radius 3 is 2.52 bits per heavy atom. The quantitative estimate of drug-likeness (QED) is 0.565. The number of ether oxygens (including phenoxy) is 1. The zero-order valence-corrected chi connectivity index (χ0v) is 17.3. The lowest BCUT2D eigenvalue weighted by molar-refractivity contribution is -0.143. The van der Waals surface area contributed by atoms with Crippen molar-refractivity contribution in [2.24, 2.45) is 5.92 Å². The first-order valence-corrected chi connectivity index (χ1v) is 10.6. The molecule has 3 aromatic rings. The van der Waals surface area contributed by atoms with Gasteiger partial charge in [0.15, 0.2) is 0 Å². The third kappa shape index (κ3) is 5.30. The van der Waals surface area contributed by atoms with E-state index >= 15 is 0 Å². The number of aliphatic carboxylic acids is 1. The normalized spacial score (nSPS) is 17.8. The SMILES string of the molecule is O=C(O)C1CCCN(C(c2ccc(OCc3ccccc3)cc2)c2cccc(F)c2)C1. The van der Waals surface area contributed by atoms with Crippen LogP contribution in [0.5, 0.6) is 5.75 Å². The first-order chi connectivity index (χ1) is 15.1. The summed E-state index contributed by atoms with van der Waals surface area (Å²) in [6.45, 7) is 1.71. The van der Waals surface area contributed by atoms with Gasteiger partial charge in [-0.2, -0.15) is 0 Å². The largest absolute Gasteiger partial charge is 0.489 e. The van der Waals surface area contributed by atoms with Crippen molar-refractivity contribution in [2.75, 3.05) is 13.1 Å². The van der Waals surface area contributed by atoms with Crippen LogP contribution >= 0.6 is 0 Å². The second kappa shape index (κ2) is 9.75. The van der Waals surface area contributed by atoms with Crippen LogP contribution in [-0.4, -0.2) is 29.1 Å². The highest BCUT2D eigenvalue weighted by atomic mass is 19.1. The molecule has 31 heavy (non-hydrogen) atoms. The predicted octanol–water partition coefficient (Wildman–Crippen LogP) is 5.29. The van der Waals surface area contributed by atoms with E-state index in [0.29, 0.717) is 19.6 Å². The molecule has 2 atom stereocenters. The molecule has 0 bridgehead atoms. The number of hydrogen-bond donors (Lipinski definition) is 1. The lowest BCUT2D eigenvalue weighted by Gasteiger charge is -2.37. The molecule has 0 spiro atoms. The number of halogens is 1. The summed E-state index contributed by atoms with van der Waals surface area (Å²) in [6, 6.07) is 24.1. The van der Waals surface area contributed by atoms with E-state index in [-0.39, 0.29) is 11.9 Å². The molecule has 0 aromatic heterocycles. The van der Waals surface area contributed by atoms with Crippen LogP contribution in [0.3, 0.4) is 0 Å². The van der Waals surface area contributed by atoms with Crippen molar-refractivity contribution in [3.63, 3.8) is 0 Å². The number of carbonyl (C=O) groups is 1. The molecule has 1 aliphatic heterocycles. The maximum atomic E-state index is 14.0. The van der Waals surface area contributed by atoms with Crippen LogP contribution in [0.25, 0.3) is 0 Å². The van der Waals surface area contributed by atoms with Crippen molar-refractivity contribution in [1.82, 2.24) is 4.90 Å². The number of nitrogens with zero attached hydrogens (tertiary/aromatic N) is 1. The van der Waals surface area contributed by atoms with Gasteiger partial charge in [-0.25, -0.2) is 4.39 Å². The molecule has 0 amide bonds. The second-order valence-electron chi connectivity index (χ2n) is 7.97. The Morgan fingerprint density at radius 1 is 1.03 bits per heavy atom. The molecule has 1 N–H and O–H groups in total. The Kier molecular flexibility index (Phi) is 6.63. The molecule has 2 unspecified atom stereocenters. The molecule has 0 aliphatic carbocycles. The standard InChI is InChI=1S/C26H26FNO3/c27-23-10-4-8-21(16-23)25(28-15-5-9-22(17-28)26(29)30)20-11-13-24(14-12-20)31-18-19-6-2-1-3-7-19/h1-4,6-8,10-14,16,22,25H,5,9,15,17-18H2,(H,29,30). The fourth-order valence-corrected chi connectivity index (χ4v) is 4.22. The molecule has 0 radical (unpaired) electrons. The summed E-state index contributed by atoms with van der Waals surface area (Å²) in [4.78, 5) is 13.7. The number of rotatable bonds is 7. The maximum absolute atomic E-state index is 14.0. The second-order valence-corrected chi connectivity index (χ2v) is 7.97. The van der Waals surface area contributed by atoms with Crippen molar-refractivity contribution in [2.45, 2.75) is 25.5 Å². The van der Waals surface area contributed by atoms with E-state index in [9.17, 15) is 14.3 Å². The van der Waals surface area contributed by atoms with Crippen LogP contribution < -0.4 is 4.74 Å². The van der Waals surface area contributed by atoms with Gasteiger partial charge >= 0.3 is 5.97 Å². The van der Waals surface area contributed by atoms with E-state index in [0.717, 1.165) is 35.4 Å². The summed E-state index contributed by atoms with van der Waals surface area (Å²) in [5, 5.41) is 9.51. The van der Waals surface area contributed by atoms with Crippen LogP contribution in [0.15, 0.2) is 78.9 Å². The van der Waals surface area contributed by atoms with Gasteiger partial charge in [0.2, 0.25) is 0 Å². The maximum Gasteiger partial charge on any atom is 0.307 e.